The molecule has 1 amide bonds. The van der Waals surface area contributed by atoms with Gasteiger partial charge in [0, 0.05) is 11.4 Å². The van der Waals surface area contributed by atoms with Gasteiger partial charge >= 0.3 is 0 Å². The molecule has 0 saturated carbocycles. The molecule has 0 unspecified atom stereocenters. The van der Waals surface area contributed by atoms with Crippen molar-refractivity contribution in [3.8, 4) is 11.3 Å². The number of carbonyl (C=O) groups excluding carboxylic acids is 1. The maximum Gasteiger partial charge on any atom is 0.261 e. The van der Waals surface area contributed by atoms with Crippen molar-refractivity contribution >= 4 is 34.8 Å². The van der Waals surface area contributed by atoms with E-state index < -0.39 is 11.5 Å². The number of nitrogens with one attached hydrogen (secondary N) is 2. The first kappa shape index (κ1) is 17.2. The molecule has 0 radical (unpaired) electrons. The lowest BCUT2D eigenvalue weighted by molar-refractivity contribution is 0.102. The van der Waals surface area contributed by atoms with Crippen LogP contribution in [0.25, 0.3) is 11.3 Å². The number of rotatable bonds is 3. The molecule has 2 aromatic carbocycles. The number of amides is 1. The third kappa shape index (κ3) is 3.90. The largest absolute Gasteiger partial charge is 0.322 e. The predicted octanol–water partition coefficient (Wildman–Crippen LogP) is 4.74. The Labute approximate surface area is 152 Å². The Morgan fingerprint density at radius 1 is 0.960 bits per heavy atom. The lowest BCUT2D eigenvalue weighted by Crippen LogP contribution is -2.23. The van der Waals surface area contributed by atoms with Crippen molar-refractivity contribution in [1.29, 1.82) is 0 Å². The molecule has 0 aliphatic carbocycles. The second-order valence-electron chi connectivity index (χ2n) is 5.20. The van der Waals surface area contributed by atoms with Gasteiger partial charge in [0.25, 0.3) is 11.5 Å². The van der Waals surface area contributed by atoms with E-state index >= 15 is 0 Å². The topological polar surface area (TPSA) is 62.0 Å². The minimum Gasteiger partial charge on any atom is -0.322 e. The van der Waals surface area contributed by atoms with Crippen molar-refractivity contribution in [2.75, 3.05) is 5.32 Å². The molecule has 25 heavy (non-hydrogen) atoms. The second-order valence-corrected chi connectivity index (χ2v) is 6.02. The average Bonchev–Trinajstić information content (AvgIpc) is 2.58. The monoisotopic (exact) mass is 376 g/mol. The van der Waals surface area contributed by atoms with Crippen LogP contribution < -0.4 is 10.9 Å². The van der Waals surface area contributed by atoms with E-state index in [1.807, 2.05) is 0 Å². The van der Waals surface area contributed by atoms with E-state index in [1.54, 1.807) is 18.2 Å². The van der Waals surface area contributed by atoms with Crippen LogP contribution in [0, 0.1) is 5.82 Å². The minimum absolute atomic E-state index is 0.0584. The van der Waals surface area contributed by atoms with Crippen LogP contribution in [0.2, 0.25) is 10.0 Å². The number of hydrogen-bond acceptors (Lipinski definition) is 2. The summed E-state index contributed by atoms with van der Waals surface area (Å²) < 4.78 is 13.0. The van der Waals surface area contributed by atoms with Crippen molar-refractivity contribution in [3.63, 3.8) is 0 Å². The highest BCUT2D eigenvalue weighted by Crippen LogP contribution is 2.25. The lowest BCUT2D eigenvalue weighted by atomic mass is 10.1. The van der Waals surface area contributed by atoms with Gasteiger partial charge in [0.2, 0.25) is 0 Å². The molecule has 126 valence electrons. The molecule has 0 aliphatic rings. The van der Waals surface area contributed by atoms with E-state index in [4.69, 9.17) is 23.2 Å². The van der Waals surface area contributed by atoms with Crippen molar-refractivity contribution in [2.45, 2.75) is 0 Å². The molecule has 0 atom stereocenters. The Balaban J connectivity index is 1.85. The number of pyridine rings is 1. The summed E-state index contributed by atoms with van der Waals surface area (Å²) >= 11 is 11.7. The summed E-state index contributed by atoms with van der Waals surface area (Å²) in [5, 5.41) is 3.24. The van der Waals surface area contributed by atoms with Gasteiger partial charge in [-0.3, -0.25) is 9.59 Å². The Kier molecular flexibility index (Phi) is 4.88. The molecule has 0 bridgehead atoms. The first-order valence-electron chi connectivity index (χ1n) is 7.20. The number of benzene rings is 2. The van der Waals surface area contributed by atoms with Crippen LogP contribution >= 0.6 is 23.2 Å². The van der Waals surface area contributed by atoms with Crippen LogP contribution in [0.1, 0.15) is 10.4 Å². The standard InChI is InChI=1S/C18H11Cl2FN2O2/c19-14-7-5-12(9-15(14)20)22-17(24)13-6-8-16(23-18(13)25)10-1-3-11(21)4-2-10/h1-9H,(H,22,24)(H,23,25). The van der Waals surface area contributed by atoms with Gasteiger partial charge in [-0.05, 0) is 60.2 Å². The molecule has 0 saturated heterocycles. The molecule has 3 aromatic rings. The molecule has 4 nitrogen and oxygen atoms in total. The SMILES string of the molecule is O=C(Nc1ccc(Cl)c(Cl)c1)c1ccc(-c2ccc(F)cc2)[nH]c1=O. The first-order chi connectivity index (χ1) is 11.9. The molecule has 7 heteroatoms. The van der Waals surface area contributed by atoms with Gasteiger partial charge in [-0.25, -0.2) is 4.39 Å². The van der Waals surface area contributed by atoms with Crippen LogP contribution in [-0.2, 0) is 0 Å². The number of aromatic amines is 1. The molecular formula is C18H11Cl2FN2O2. The van der Waals surface area contributed by atoms with E-state index in [-0.39, 0.29) is 11.4 Å². The van der Waals surface area contributed by atoms with E-state index in [0.717, 1.165) is 0 Å². The summed E-state index contributed by atoms with van der Waals surface area (Å²) in [6.45, 7) is 0. The van der Waals surface area contributed by atoms with Gasteiger partial charge in [-0.1, -0.05) is 23.2 Å². The molecule has 1 heterocycles. The first-order valence-corrected chi connectivity index (χ1v) is 7.95. The van der Waals surface area contributed by atoms with Gasteiger partial charge in [-0.2, -0.15) is 0 Å². The Morgan fingerprint density at radius 2 is 1.68 bits per heavy atom. The lowest BCUT2D eigenvalue weighted by Gasteiger charge is -2.07. The van der Waals surface area contributed by atoms with Gasteiger partial charge in [-0.15, -0.1) is 0 Å². The normalized spacial score (nSPS) is 10.5. The van der Waals surface area contributed by atoms with Gasteiger partial charge < -0.3 is 10.3 Å². The molecular weight excluding hydrogens is 366 g/mol. The zero-order valence-corrected chi connectivity index (χ0v) is 14.2. The minimum atomic E-state index is -0.578. The summed E-state index contributed by atoms with van der Waals surface area (Å²) in [4.78, 5) is 27.1. The molecule has 2 N–H and O–H groups in total. The summed E-state index contributed by atoms with van der Waals surface area (Å²) in [7, 11) is 0. The quantitative estimate of drug-likeness (QED) is 0.693. The molecule has 1 aromatic heterocycles. The number of hydrogen-bond donors (Lipinski definition) is 2. The molecule has 0 spiro atoms. The number of anilines is 1. The molecule has 0 fully saturated rings. The third-order valence-corrected chi connectivity index (χ3v) is 4.23. The summed E-state index contributed by atoms with van der Waals surface area (Å²) in [6.07, 6.45) is 0. The van der Waals surface area contributed by atoms with Crippen molar-refractivity contribution in [1.82, 2.24) is 4.98 Å². The summed E-state index contributed by atoms with van der Waals surface area (Å²) in [6, 6.07) is 13.3. The third-order valence-electron chi connectivity index (χ3n) is 3.49. The smallest absolute Gasteiger partial charge is 0.261 e. The van der Waals surface area contributed by atoms with Gasteiger partial charge in [0.1, 0.15) is 11.4 Å². The van der Waals surface area contributed by atoms with Crippen LogP contribution in [0.3, 0.4) is 0 Å². The van der Waals surface area contributed by atoms with Crippen LogP contribution in [0.15, 0.2) is 59.4 Å². The van der Waals surface area contributed by atoms with Crippen LogP contribution in [0.4, 0.5) is 10.1 Å². The molecule has 0 aliphatic heterocycles. The number of aromatic nitrogens is 1. The van der Waals surface area contributed by atoms with Crippen molar-refractivity contribution in [3.05, 3.63) is 86.4 Å². The highest BCUT2D eigenvalue weighted by atomic mass is 35.5. The summed E-state index contributed by atoms with van der Waals surface area (Å²) in [5.41, 5.74) is 0.920. The predicted molar refractivity (Wildman–Crippen MR) is 96.9 cm³/mol. The maximum absolute atomic E-state index is 13.0. The average molecular weight is 377 g/mol. The van der Waals surface area contributed by atoms with E-state index in [1.165, 1.54) is 36.4 Å². The highest BCUT2D eigenvalue weighted by molar-refractivity contribution is 6.42. The van der Waals surface area contributed by atoms with E-state index in [2.05, 4.69) is 10.3 Å². The molecule has 3 rings (SSSR count). The number of carbonyl (C=O) groups is 1. The zero-order valence-electron chi connectivity index (χ0n) is 12.6. The van der Waals surface area contributed by atoms with Crippen molar-refractivity contribution < 1.29 is 9.18 Å². The highest BCUT2D eigenvalue weighted by Gasteiger charge is 2.12. The fourth-order valence-electron chi connectivity index (χ4n) is 2.22. The van der Waals surface area contributed by atoms with Crippen LogP contribution in [-0.4, -0.2) is 10.9 Å². The zero-order chi connectivity index (χ0) is 18.0. The summed E-state index contributed by atoms with van der Waals surface area (Å²) in [5.74, 6) is -0.950. The number of H-pyrrole nitrogens is 1. The van der Waals surface area contributed by atoms with E-state index in [0.29, 0.717) is 27.0 Å². The maximum atomic E-state index is 13.0. The second kappa shape index (κ2) is 7.09. The van der Waals surface area contributed by atoms with Crippen LogP contribution in [0.5, 0.6) is 0 Å². The van der Waals surface area contributed by atoms with Gasteiger partial charge in [0.15, 0.2) is 0 Å². The number of halogens is 3. The van der Waals surface area contributed by atoms with E-state index in [9.17, 15) is 14.0 Å². The fraction of sp³-hybridized carbons (Fsp3) is 0. The Hall–Kier alpha value is -2.63. The Morgan fingerprint density at radius 3 is 2.32 bits per heavy atom. The fourth-order valence-corrected chi connectivity index (χ4v) is 2.52. The van der Waals surface area contributed by atoms with Crippen molar-refractivity contribution in [2.24, 2.45) is 0 Å². The van der Waals surface area contributed by atoms with Gasteiger partial charge in [0.05, 0.1) is 10.0 Å². The Bertz CT molecular complexity index is 1000.